The van der Waals surface area contributed by atoms with Crippen LogP contribution in [0.2, 0.25) is 0 Å². The zero-order valence-electron chi connectivity index (χ0n) is 18.4. The van der Waals surface area contributed by atoms with Gasteiger partial charge in [0, 0.05) is 55.6 Å². The van der Waals surface area contributed by atoms with Gasteiger partial charge in [-0.1, -0.05) is 18.2 Å². The molecule has 3 rings (SSSR count). The minimum absolute atomic E-state index is 0.0246. The van der Waals surface area contributed by atoms with Crippen molar-refractivity contribution < 1.29 is 14.3 Å². The third-order valence-corrected chi connectivity index (χ3v) is 5.35. The molecule has 30 heavy (non-hydrogen) atoms. The Balaban J connectivity index is 2.02. The number of rotatable bonds is 9. The van der Waals surface area contributed by atoms with Crippen LogP contribution in [0.5, 0.6) is 11.5 Å². The second kappa shape index (κ2) is 9.67. The Morgan fingerprint density at radius 3 is 2.40 bits per heavy atom. The molecule has 0 saturated heterocycles. The molecule has 0 aliphatic carbocycles. The lowest BCUT2D eigenvalue weighted by Gasteiger charge is -2.19. The number of benzene rings is 2. The molecule has 0 bridgehead atoms. The van der Waals surface area contributed by atoms with Crippen LogP contribution in [0.3, 0.4) is 0 Å². The maximum Gasteiger partial charge on any atom is 0.220 e. The monoisotopic (exact) mass is 409 g/mol. The number of nitrogens with one attached hydrogen (secondary N) is 1. The van der Waals surface area contributed by atoms with Gasteiger partial charge < -0.3 is 24.3 Å². The summed E-state index contributed by atoms with van der Waals surface area (Å²) in [5, 5.41) is 4.19. The average Bonchev–Trinajstić information content (AvgIpc) is 3.08. The molecule has 6 nitrogen and oxygen atoms in total. The lowest BCUT2D eigenvalue weighted by Crippen LogP contribution is -2.32. The van der Waals surface area contributed by atoms with E-state index in [9.17, 15) is 4.79 Å². The third-order valence-electron chi connectivity index (χ3n) is 5.35. The van der Waals surface area contributed by atoms with Gasteiger partial charge in [-0.05, 0) is 43.4 Å². The van der Waals surface area contributed by atoms with E-state index in [2.05, 4.69) is 33.1 Å². The molecule has 0 spiro atoms. The van der Waals surface area contributed by atoms with E-state index in [1.54, 1.807) is 14.2 Å². The maximum atomic E-state index is 12.8. The van der Waals surface area contributed by atoms with E-state index in [-0.39, 0.29) is 11.8 Å². The van der Waals surface area contributed by atoms with Crippen molar-refractivity contribution in [2.75, 3.05) is 41.4 Å². The Morgan fingerprint density at radius 2 is 1.77 bits per heavy atom. The van der Waals surface area contributed by atoms with Crippen molar-refractivity contribution in [2.24, 2.45) is 7.05 Å². The summed E-state index contributed by atoms with van der Waals surface area (Å²) in [5.41, 5.74) is 3.25. The number of aromatic nitrogens is 1. The normalized spacial score (nSPS) is 12.2. The Morgan fingerprint density at radius 1 is 1.10 bits per heavy atom. The number of amides is 1. The number of fused-ring (bicyclic) bond motifs is 1. The van der Waals surface area contributed by atoms with Gasteiger partial charge in [0.2, 0.25) is 5.91 Å². The lowest BCUT2D eigenvalue weighted by molar-refractivity contribution is -0.121. The van der Waals surface area contributed by atoms with Crippen molar-refractivity contribution >= 4 is 16.8 Å². The summed E-state index contributed by atoms with van der Waals surface area (Å²) < 4.78 is 13.1. The van der Waals surface area contributed by atoms with Gasteiger partial charge in [0.1, 0.15) is 11.5 Å². The van der Waals surface area contributed by atoms with Crippen LogP contribution in [-0.4, -0.2) is 56.8 Å². The van der Waals surface area contributed by atoms with Crippen LogP contribution in [-0.2, 0) is 11.8 Å². The SMILES string of the molecule is COc1cc(OC)cc(C(CC(=O)NCCN(C)C)c2cn(C)c3ccccc23)c1. The number of hydrogen-bond acceptors (Lipinski definition) is 4. The first-order valence-electron chi connectivity index (χ1n) is 10.1. The van der Waals surface area contributed by atoms with Crippen LogP contribution < -0.4 is 14.8 Å². The number of para-hydroxylation sites is 1. The number of carbonyl (C=O) groups is 1. The summed E-state index contributed by atoms with van der Waals surface area (Å²) in [6.45, 7) is 1.42. The van der Waals surface area contributed by atoms with E-state index in [0.717, 1.165) is 28.6 Å². The first-order chi connectivity index (χ1) is 14.4. The maximum absolute atomic E-state index is 12.8. The zero-order valence-corrected chi connectivity index (χ0v) is 18.4. The largest absolute Gasteiger partial charge is 0.497 e. The molecule has 160 valence electrons. The molecule has 1 heterocycles. The van der Waals surface area contributed by atoms with Crippen LogP contribution in [0.1, 0.15) is 23.5 Å². The topological polar surface area (TPSA) is 55.7 Å². The smallest absolute Gasteiger partial charge is 0.220 e. The fourth-order valence-corrected chi connectivity index (χ4v) is 3.77. The number of methoxy groups -OCH3 is 2. The first-order valence-corrected chi connectivity index (χ1v) is 10.1. The summed E-state index contributed by atoms with van der Waals surface area (Å²) >= 11 is 0. The molecule has 2 aromatic carbocycles. The number of carbonyl (C=O) groups excluding carboxylic acids is 1. The van der Waals surface area contributed by atoms with E-state index < -0.39 is 0 Å². The molecule has 3 aromatic rings. The zero-order chi connectivity index (χ0) is 21.7. The van der Waals surface area contributed by atoms with Crippen LogP contribution >= 0.6 is 0 Å². The van der Waals surface area contributed by atoms with Crippen molar-refractivity contribution in [2.45, 2.75) is 12.3 Å². The molecule has 1 unspecified atom stereocenters. The van der Waals surface area contributed by atoms with Gasteiger partial charge in [-0.25, -0.2) is 0 Å². The molecule has 0 saturated carbocycles. The Hall–Kier alpha value is -2.99. The van der Waals surface area contributed by atoms with Crippen molar-refractivity contribution in [1.82, 2.24) is 14.8 Å². The Labute approximate surface area is 178 Å². The number of likely N-dealkylation sites (N-methyl/N-ethyl adjacent to an activating group) is 1. The minimum atomic E-state index is -0.126. The van der Waals surface area contributed by atoms with Crippen molar-refractivity contribution in [3.8, 4) is 11.5 Å². The number of ether oxygens (including phenoxy) is 2. The highest BCUT2D eigenvalue weighted by molar-refractivity contribution is 5.86. The molecule has 1 aromatic heterocycles. The Bertz CT molecular complexity index is 988. The van der Waals surface area contributed by atoms with Crippen molar-refractivity contribution in [3.05, 3.63) is 59.8 Å². The van der Waals surface area contributed by atoms with Gasteiger partial charge in [-0.2, -0.15) is 0 Å². The van der Waals surface area contributed by atoms with E-state index >= 15 is 0 Å². The second-order valence-electron chi connectivity index (χ2n) is 7.77. The van der Waals surface area contributed by atoms with Crippen molar-refractivity contribution in [1.29, 1.82) is 0 Å². The molecule has 0 radical (unpaired) electrons. The quantitative estimate of drug-likeness (QED) is 0.589. The molecule has 1 N–H and O–H groups in total. The number of hydrogen-bond donors (Lipinski definition) is 1. The van der Waals surface area contributed by atoms with Crippen molar-refractivity contribution in [3.63, 3.8) is 0 Å². The molecule has 0 fully saturated rings. The van der Waals surface area contributed by atoms with Crippen LogP contribution in [0.25, 0.3) is 10.9 Å². The van der Waals surface area contributed by atoms with Crippen LogP contribution in [0.4, 0.5) is 0 Å². The van der Waals surface area contributed by atoms with E-state index in [1.165, 1.54) is 0 Å². The highest BCUT2D eigenvalue weighted by Gasteiger charge is 2.23. The van der Waals surface area contributed by atoms with Crippen LogP contribution in [0, 0.1) is 0 Å². The second-order valence-corrected chi connectivity index (χ2v) is 7.77. The average molecular weight is 410 g/mol. The summed E-state index contributed by atoms with van der Waals surface area (Å²) in [6, 6.07) is 14.1. The highest BCUT2D eigenvalue weighted by Crippen LogP contribution is 2.37. The van der Waals surface area contributed by atoms with Gasteiger partial charge in [0.15, 0.2) is 0 Å². The molecule has 0 aliphatic rings. The lowest BCUT2D eigenvalue weighted by atomic mass is 9.87. The fourth-order valence-electron chi connectivity index (χ4n) is 3.77. The highest BCUT2D eigenvalue weighted by atomic mass is 16.5. The summed E-state index contributed by atoms with van der Waals surface area (Å²) in [5.74, 6) is 1.32. The van der Waals surface area contributed by atoms with Gasteiger partial charge in [-0.3, -0.25) is 4.79 Å². The molecule has 1 amide bonds. The fraction of sp³-hybridized carbons (Fsp3) is 0.375. The summed E-state index contributed by atoms with van der Waals surface area (Å²) in [7, 11) is 9.30. The summed E-state index contributed by atoms with van der Waals surface area (Å²) in [6.07, 6.45) is 2.46. The number of aryl methyl sites for hydroxylation is 1. The third kappa shape index (κ3) is 4.94. The van der Waals surface area contributed by atoms with Crippen LogP contribution in [0.15, 0.2) is 48.7 Å². The van der Waals surface area contributed by atoms with Gasteiger partial charge in [0.25, 0.3) is 0 Å². The van der Waals surface area contributed by atoms with E-state index in [4.69, 9.17) is 9.47 Å². The molecule has 1 atom stereocenters. The van der Waals surface area contributed by atoms with E-state index in [0.29, 0.717) is 24.5 Å². The molecule has 6 heteroatoms. The summed E-state index contributed by atoms with van der Waals surface area (Å²) in [4.78, 5) is 14.9. The molecule has 0 aliphatic heterocycles. The molecular formula is C24H31N3O3. The molecular weight excluding hydrogens is 378 g/mol. The predicted octanol–water partition coefficient (Wildman–Crippen LogP) is 3.40. The Kier molecular flexibility index (Phi) is 7.00. The van der Waals surface area contributed by atoms with Gasteiger partial charge in [-0.15, -0.1) is 0 Å². The van der Waals surface area contributed by atoms with Gasteiger partial charge >= 0.3 is 0 Å². The minimum Gasteiger partial charge on any atom is -0.497 e. The van der Waals surface area contributed by atoms with Gasteiger partial charge in [0.05, 0.1) is 14.2 Å². The first kappa shape index (κ1) is 21.7. The van der Waals surface area contributed by atoms with E-state index in [1.807, 2.05) is 51.5 Å². The predicted molar refractivity (Wildman–Crippen MR) is 120 cm³/mol. The number of nitrogens with zero attached hydrogens (tertiary/aromatic N) is 2. The standard InChI is InChI=1S/C24H31N3O3/c1-26(2)11-10-25-24(28)15-21(17-12-18(29-4)14-19(13-17)30-5)22-16-27(3)23-9-7-6-8-20(22)23/h6-9,12-14,16,21H,10-11,15H2,1-5H3,(H,25,28).